The Labute approximate surface area is 135 Å². The third kappa shape index (κ3) is 4.93. The summed E-state index contributed by atoms with van der Waals surface area (Å²) in [5.41, 5.74) is 4.87. The van der Waals surface area contributed by atoms with Gasteiger partial charge in [0.25, 0.3) is 11.8 Å². The molecular weight excluding hydrogens is 330 g/mol. The van der Waals surface area contributed by atoms with Crippen LogP contribution in [-0.2, 0) is 0 Å². The van der Waals surface area contributed by atoms with Gasteiger partial charge in [-0.05, 0) is 42.5 Å². The molecule has 0 unspecified atom stereocenters. The van der Waals surface area contributed by atoms with Crippen LogP contribution in [0.4, 0.5) is 8.78 Å². The highest BCUT2D eigenvalue weighted by Crippen LogP contribution is 2.14. The summed E-state index contributed by atoms with van der Waals surface area (Å²) in [6.07, 6.45) is 0. The van der Waals surface area contributed by atoms with Gasteiger partial charge in [0.2, 0.25) is 0 Å². The SMILES string of the molecule is O=C(NNC(=O)c1cccc(Cl)c1)c1ccc(OC(F)F)cc1. The van der Waals surface area contributed by atoms with Gasteiger partial charge in [0.15, 0.2) is 0 Å². The number of ether oxygens (including phenoxy) is 1. The molecule has 0 saturated carbocycles. The molecule has 0 aliphatic rings. The number of halogens is 3. The summed E-state index contributed by atoms with van der Waals surface area (Å²) in [6, 6.07) is 11.2. The predicted octanol–water partition coefficient (Wildman–Crippen LogP) is 3.02. The number of carbonyl (C=O) groups excluding carboxylic acids is 2. The number of hydrogen-bond donors (Lipinski definition) is 2. The lowest BCUT2D eigenvalue weighted by atomic mass is 10.2. The van der Waals surface area contributed by atoms with E-state index in [2.05, 4.69) is 15.6 Å². The second-order valence-corrected chi connectivity index (χ2v) is 4.76. The van der Waals surface area contributed by atoms with Crippen molar-refractivity contribution in [2.75, 3.05) is 0 Å². The van der Waals surface area contributed by atoms with Gasteiger partial charge in [-0.2, -0.15) is 8.78 Å². The first-order chi connectivity index (χ1) is 11.0. The van der Waals surface area contributed by atoms with Crippen LogP contribution in [-0.4, -0.2) is 18.4 Å². The first-order valence-electron chi connectivity index (χ1n) is 6.37. The Kier molecular flexibility index (Phi) is 5.48. The number of alkyl halides is 2. The Bertz CT molecular complexity index is 708. The fraction of sp³-hybridized carbons (Fsp3) is 0.0667. The number of hydrogen-bond acceptors (Lipinski definition) is 3. The van der Waals surface area contributed by atoms with Gasteiger partial charge in [0.05, 0.1) is 0 Å². The highest BCUT2D eigenvalue weighted by atomic mass is 35.5. The second kappa shape index (κ2) is 7.55. The van der Waals surface area contributed by atoms with Crippen molar-refractivity contribution >= 4 is 23.4 Å². The molecule has 8 heteroatoms. The van der Waals surface area contributed by atoms with E-state index < -0.39 is 18.4 Å². The van der Waals surface area contributed by atoms with E-state index in [4.69, 9.17) is 11.6 Å². The number of rotatable bonds is 4. The molecule has 0 saturated heterocycles. The molecule has 0 aromatic heterocycles. The summed E-state index contributed by atoms with van der Waals surface area (Å²) in [6.45, 7) is -2.94. The lowest BCUT2D eigenvalue weighted by molar-refractivity contribution is -0.0498. The lowest BCUT2D eigenvalue weighted by Crippen LogP contribution is -2.41. The van der Waals surface area contributed by atoms with E-state index in [1.165, 1.54) is 36.4 Å². The van der Waals surface area contributed by atoms with E-state index in [1.54, 1.807) is 12.1 Å². The van der Waals surface area contributed by atoms with Gasteiger partial charge in [0, 0.05) is 16.1 Å². The summed E-state index contributed by atoms with van der Waals surface area (Å²) >= 11 is 5.77. The van der Waals surface area contributed by atoms with Crippen molar-refractivity contribution in [3.63, 3.8) is 0 Å². The molecule has 0 spiro atoms. The van der Waals surface area contributed by atoms with Crippen molar-refractivity contribution in [1.29, 1.82) is 0 Å². The maximum absolute atomic E-state index is 12.0. The van der Waals surface area contributed by atoms with Crippen LogP contribution in [0.3, 0.4) is 0 Å². The normalized spacial score (nSPS) is 10.3. The van der Waals surface area contributed by atoms with Crippen molar-refractivity contribution in [1.82, 2.24) is 10.9 Å². The van der Waals surface area contributed by atoms with Gasteiger partial charge in [0.1, 0.15) is 5.75 Å². The lowest BCUT2D eigenvalue weighted by Gasteiger charge is -2.08. The number of amides is 2. The van der Waals surface area contributed by atoms with E-state index >= 15 is 0 Å². The second-order valence-electron chi connectivity index (χ2n) is 4.32. The van der Waals surface area contributed by atoms with Gasteiger partial charge in [-0.25, -0.2) is 0 Å². The van der Waals surface area contributed by atoms with Crippen LogP contribution < -0.4 is 15.6 Å². The van der Waals surface area contributed by atoms with Crippen molar-refractivity contribution in [3.8, 4) is 5.75 Å². The first kappa shape index (κ1) is 16.7. The van der Waals surface area contributed by atoms with E-state index in [0.717, 1.165) is 0 Å². The van der Waals surface area contributed by atoms with Gasteiger partial charge in [-0.15, -0.1) is 0 Å². The molecule has 0 fully saturated rings. The Hall–Kier alpha value is -2.67. The van der Waals surface area contributed by atoms with E-state index in [0.29, 0.717) is 5.02 Å². The minimum Gasteiger partial charge on any atom is -0.435 e. The van der Waals surface area contributed by atoms with Crippen LogP contribution in [0.15, 0.2) is 48.5 Å². The molecule has 0 aliphatic carbocycles. The largest absolute Gasteiger partial charge is 0.435 e. The summed E-state index contributed by atoms with van der Waals surface area (Å²) in [4.78, 5) is 23.7. The fourth-order valence-corrected chi connectivity index (χ4v) is 1.87. The predicted molar refractivity (Wildman–Crippen MR) is 79.5 cm³/mol. The van der Waals surface area contributed by atoms with Crippen LogP contribution in [0, 0.1) is 0 Å². The monoisotopic (exact) mass is 340 g/mol. The molecule has 23 heavy (non-hydrogen) atoms. The van der Waals surface area contributed by atoms with Crippen LogP contribution in [0.5, 0.6) is 5.75 Å². The smallest absolute Gasteiger partial charge is 0.387 e. The summed E-state index contributed by atoms with van der Waals surface area (Å²) in [7, 11) is 0. The highest BCUT2D eigenvalue weighted by Gasteiger charge is 2.10. The van der Waals surface area contributed by atoms with Gasteiger partial charge in [-0.3, -0.25) is 20.4 Å². The number of carbonyl (C=O) groups is 2. The number of nitrogens with one attached hydrogen (secondary N) is 2. The third-order valence-electron chi connectivity index (χ3n) is 2.72. The molecule has 2 rings (SSSR count). The third-order valence-corrected chi connectivity index (χ3v) is 2.95. The zero-order valence-electron chi connectivity index (χ0n) is 11.6. The molecule has 2 N–H and O–H groups in total. The van der Waals surface area contributed by atoms with E-state index in [1.807, 2.05) is 0 Å². The summed E-state index contributed by atoms with van der Waals surface area (Å²) < 4.78 is 28.2. The molecule has 2 amide bonds. The molecule has 0 aliphatic heterocycles. The van der Waals surface area contributed by atoms with Crippen molar-refractivity contribution in [3.05, 3.63) is 64.7 Å². The maximum atomic E-state index is 12.0. The van der Waals surface area contributed by atoms with Crippen molar-refractivity contribution in [2.45, 2.75) is 6.61 Å². The Balaban J connectivity index is 1.93. The quantitative estimate of drug-likeness (QED) is 0.841. The maximum Gasteiger partial charge on any atom is 0.387 e. The molecule has 120 valence electrons. The van der Waals surface area contributed by atoms with Crippen LogP contribution in [0.1, 0.15) is 20.7 Å². The van der Waals surface area contributed by atoms with Crippen molar-refractivity contribution in [2.24, 2.45) is 0 Å². The highest BCUT2D eigenvalue weighted by molar-refractivity contribution is 6.30. The zero-order chi connectivity index (χ0) is 16.8. The van der Waals surface area contributed by atoms with Crippen LogP contribution in [0.2, 0.25) is 5.02 Å². The molecule has 0 atom stereocenters. The topological polar surface area (TPSA) is 67.4 Å². The molecular formula is C15H11ClF2N2O3. The van der Waals surface area contributed by atoms with Crippen LogP contribution >= 0.6 is 11.6 Å². The average Bonchev–Trinajstić information content (AvgIpc) is 2.52. The average molecular weight is 341 g/mol. The van der Waals surface area contributed by atoms with E-state index in [9.17, 15) is 18.4 Å². The first-order valence-corrected chi connectivity index (χ1v) is 6.74. The molecule has 0 bridgehead atoms. The standard InChI is InChI=1S/C15H11ClF2N2O3/c16-11-3-1-2-10(8-11)14(22)20-19-13(21)9-4-6-12(7-5-9)23-15(17)18/h1-8,15H,(H,19,21)(H,20,22). The summed E-state index contributed by atoms with van der Waals surface area (Å²) in [5.74, 6) is -1.22. The zero-order valence-corrected chi connectivity index (χ0v) is 12.3. The summed E-state index contributed by atoms with van der Waals surface area (Å²) in [5, 5.41) is 0.388. The van der Waals surface area contributed by atoms with E-state index in [-0.39, 0.29) is 16.9 Å². The minimum absolute atomic E-state index is 0.0699. The minimum atomic E-state index is -2.94. The molecule has 0 heterocycles. The van der Waals surface area contributed by atoms with Crippen LogP contribution in [0.25, 0.3) is 0 Å². The molecule has 2 aromatic rings. The molecule has 2 aromatic carbocycles. The number of hydrazine groups is 1. The van der Waals surface area contributed by atoms with Gasteiger partial charge in [-0.1, -0.05) is 17.7 Å². The van der Waals surface area contributed by atoms with Gasteiger partial charge >= 0.3 is 6.61 Å². The fourth-order valence-electron chi connectivity index (χ4n) is 1.68. The molecule has 5 nitrogen and oxygen atoms in total. The Morgan fingerprint density at radius 3 is 2.13 bits per heavy atom. The number of benzene rings is 2. The Morgan fingerprint density at radius 1 is 0.957 bits per heavy atom. The molecule has 0 radical (unpaired) electrons. The van der Waals surface area contributed by atoms with Crippen molar-refractivity contribution < 1.29 is 23.1 Å². The Morgan fingerprint density at radius 2 is 1.57 bits per heavy atom. The van der Waals surface area contributed by atoms with Gasteiger partial charge < -0.3 is 4.74 Å².